The lowest BCUT2D eigenvalue weighted by atomic mass is 10.0. The van der Waals surface area contributed by atoms with E-state index in [1.54, 1.807) is 17.0 Å². The van der Waals surface area contributed by atoms with E-state index in [1.807, 2.05) is 38.1 Å². The first-order valence-electron chi connectivity index (χ1n) is 9.54. The second-order valence-electron chi connectivity index (χ2n) is 7.00. The summed E-state index contributed by atoms with van der Waals surface area (Å²) in [7, 11) is 0. The Balaban J connectivity index is 1.58. The maximum atomic E-state index is 12.4. The fourth-order valence-electron chi connectivity index (χ4n) is 2.83. The van der Waals surface area contributed by atoms with Crippen LogP contribution in [-0.4, -0.2) is 15.6 Å². The van der Waals surface area contributed by atoms with E-state index in [0.29, 0.717) is 29.6 Å². The second kappa shape index (κ2) is 8.74. The van der Waals surface area contributed by atoms with Gasteiger partial charge in [0.15, 0.2) is 5.78 Å². The molecule has 0 bridgehead atoms. The Morgan fingerprint density at radius 1 is 1.21 bits per heavy atom. The van der Waals surface area contributed by atoms with Crippen molar-refractivity contribution in [2.75, 3.05) is 0 Å². The molecule has 0 radical (unpaired) electrons. The summed E-state index contributed by atoms with van der Waals surface area (Å²) in [5, 5.41) is 4.30. The number of aromatic nitrogens is 2. The van der Waals surface area contributed by atoms with Gasteiger partial charge in [0.05, 0.1) is 11.3 Å². The number of hydrogen-bond donors (Lipinski definition) is 0. The van der Waals surface area contributed by atoms with E-state index in [1.165, 1.54) is 11.6 Å². The Hall–Kier alpha value is -3.08. The van der Waals surface area contributed by atoms with Gasteiger partial charge in [-0.25, -0.2) is 0 Å². The highest BCUT2D eigenvalue weighted by Crippen LogP contribution is 2.20. The van der Waals surface area contributed by atoms with Crippen LogP contribution in [0.1, 0.15) is 59.8 Å². The van der Waals surface area contributed by atoms with Gasteiger partial charge in [0.25, 0.3) is 0 Å². The summed E-state index contributed by atoms with van der Waals surface area (Å²) in [4.78, 5) is 12.4. The summed E-state index contributed by atoms with van der Waals surface area (Å²) in [6.45, 7) is 9.22. The van der Waals surface area contributed by atoms with Crippen LogP contribution < -0.4 is 4.74 Å². The first kappa shape index (κ1) is 19.7. The van der Waals surface area contributed by atoms with Crippen LogP contribution in [0.5, 0.6) is 5.75 Å². The van der Waals surface area contributed by atoms with Crippen LogP contribution in [0.2, 0.25) is 0 Å². The number of benzene rings is 1. The lowest BCUT2D eigenvalue weighted by Gasteiger charge is -2.07. The molecular weight excluding hydrogens is 352 g/mol. The molecule has 5 heteroatoms. The van der Waals surface area contributed by atoms with Gasteiger partial charge in [0.2, 0.25) is 0 Å². The van der Waals surface area contributed by atoms with Crippen LogP contribution in [0.3, 0.4) is 0 Å². The van der Waals surface area contributed by atoms with Crippen LogP contribution in [0, 0.1) is 6.92 Å². The molecule has 2 heterocycles. The zero-order valence-corrected chi connectivity index (χ0v) is 16.8. The Kier molecular flexibility index (Phi) is 6.14. The molecule has 1 aromatic carbocycles. The van der Waals surface area contributed by atoms with Crippen LogP contribution >= 0.6 is 0 Å². The number of ether oxygens (including phenoxy) is 1. The average molecular weight is 378 g/mol. The fourth-order valence-corrected chi connectivity index (χ4v) is 2.83. The van der Waals surface area contributed by atoms with Crippen molar-refractivity contribution in [3.63, 3.8) is 0 Å². The molecule has 0 unspecified atom stereocenters. The minimum absolute atomic E-state index is 0.0864. The Morgan fingerprint density at radius 2 is 1.96 bits per heavy atom. The van der Waals surface area contributed by atoms with Crippen molar-refractivity contribution < 1.29 is 13.9 Å². The molecule has 5 nitrogen and oxygen atoms in total. The normalized spacial score (nSPS) is 11.5. The van der Waals surface area contributed by atoms with E-state index in [9.17, 15) is 4.79 Å². The number of hydrogen-bond acceptors (Lipinski definition) is 4. The predicted molar refractivity (Wildman–Crippen MR) is 110 cm³/mol. The number of aryl methyl sites for hydroxylation is 2. The molecule has 0 aliphatic rings. The number of nitrogens with zero attached hydrogens (tertiary/aromatic N) is 2. The molecule has 0 saturated carbocycles. The minimum atomic E-state index is -0.0864. The van der Waals surface area contributed by atoms with Gasteiger partial charge in [-0.1, -0.05) is 26.0 Å². The van der Waals surface area contributed by atoms with Gasteiger partial charge in [-0.15, -0.1) is 0 Å². The number of ketones is 1. The largest absolute Gasteiger partial charge is 0.486 e. The van der Waals surface area contributed by atoms with Crippen molar-refractivity contribution in [2.24, 2.45) is 0 Å². The van der Waals surface area contributed by atoms with Crippen LogP contribution in [0.4, 0.5) is 0 Å². The maximum Gasteiger partial charge on any atom is 0.189 e. The van der Waals surface area contributed by atoms with Crippen molar-refractivity contribution in [3.05, 3.63) is 77.0 Å². The highest BCUT2D eigenvalue weighted by molar-refractivity contribution is 6.07. The smallest absolute Gasteiger partial charge is 0.189 e. The molecule has 0 saturated heterocycles. The van der Waals surface area contributed by atoms with E-state index in [-0.39, 0.29) is 5.78 Å². The molecule has 0 aliphatic carbocycles. The minimum Gasteiger partial charge on any atom is -0.486 e. The summed E-state index contributed by atoms with van der Waals surface area (Å²) in [5.41, 5.74) is 2.62. The first-order valence-corrected chi connectivity index (χ1v) is 9.54. The van der Waals surface area contributed by atoms with E-state index < -0.39 is 0 Å². The van der Waals surface area contributed by atoms with Crippen LogP contribution in [0.15, 0.2) is 53.1 Å². The summed E-state index contributed by atoms with van der Waals surface area (Å²) in [5.74, 6) is 2.53. The Labute approximate surface area is 165 Å². The molecule has 0 aliphatic heterocycles. The van der Waals surface area contributed by atoms with Gasteiger partial charge in [-0.2, -0.15) is 5.10 Å². The number of furan rings is 1. The third-order valence-corrected chi connectivity index (χ3v) is 4.55. The second-order valence-corrected chi connectivity index (χ2v) is 7.00. The van der Waals surface area contributed by atoms with E-state index in [4.69, 9.17) is 9.15 Å². The molecule has 0 spiro atoms. The number of carbonyl (C=O) groups excluding carboxylic acids is 1. The third kappa shape index (κ3) is 4.80. The van der Waals surface area contributed by atoms with Crippen LogP contribution in [-0.2, 0) is 13.2 Å². The summed E-state index contributed by atoms with van der Waals surface area (Å²) in [6, 6.07) is 11.8. The van der Waals surface area contributed by atoms with Crippen molar-refractivity contribution in [1.82, 2.24) is 9.78 Å². The Bertz CT molecular complexity index is 962. The van der Waals surface area contributed by atoms with E-state index in [2.05, 4.69) is 31.1 Å². The lowest BCUT2D eigenvalue weighted by molar-refractivity contribution is 0.104. The molecule has 146 valence electrons. The van der Waals surface area contributed by atoms with Gasteiger partial charge >= 0.3 is 0 Å². The molecule has 0 atom stereocenters. The molecule has 3 aromatic rings. The zero-order chi connectivity index (χ0) is 20.1. The standard InChI is InChI=1S/C23H26N2O3/c1-5-25-14-22(17(4)24-25)23(26)13-12-20-10-11-21(28-20)15-27-19-8-6-18(7-9-19)16(2)3/h6-14,16H,5,15H2,1-4H3/b13-12+. The van der Waals surface area contributed by atoms with Crippen LogP contribution in [0.25, 0.3) is 6.08 Å². The molecule has 3 rings (SSSR count). The molecule has 0 N–H and O–H groups in total. The molecular formula is C23H26N2O3. The van der Waals surface area contributed by atoms with Gasteiger partial charge < -0.3 is 9.15 Å². The SMILES string of the molecule is CCn1cc(C(=O)/C=C/c2ccc(COc3ccc(C(C)C)cc3)o2)c(C)n1. The van der Waals surface area contributed by atoms with Gasteiger partial charge in [0.1, 0.15) is 23.9 Å². The molecule has 0 fully saturated rings. The number of allylic oxidation sites excluding steroid dienone is 1. The van der Waals surface area contributed by atoms with Crippen molar-refractivity contribution in [2.45, 2.75) is 46.8 Å². The highest BCUT2D eigenvalue weighted by Gasteiger charge is 2.10. The summed E-state index contributed by atoms with van der Waals surface area (Å²) >= 11 is 0. The highest BCUT2D eigenvalue weighted by atomic mass is 16.5. The fraction of sp³-hybridized carbons (Fsp3) is 0.304. The molecule has 28 heavy (non-hydrogen) atoms. The summed E-state index contributed by atoms with van der Waals surface area (Å²) < 4.78 is 13.3. The monoisotopic (exact) mass is 378 g/mol. The number of carbonyl (C=O) groups is 1. The van der Waals surface area contributed by atoms with E-state index >= 15 is 0 Å². The quantitative estimate of drug-likeness (QED) is 0.389. The average Bonchev–Trinajstić information content (AvgIpc) is 3.31. The van der Waals surface area contributed by atoms with Crippen molar-refractivity contribution in [3.8, 4) is 5.75 Å². The van der Waals surface area contributed by atoms with Crippen molar-refractivity contribution >= 4 is 11.9 Å². The maximum absolute atomic E-state index is 12.4. The van der Waals surface area contributed by atoms with E-state index in [0.717, 1.165) is 18.0 Å². The van der Waals surface area contributed by atoms with Crippen molar-refractivity contribution in [1.29, 1.82) is 0 Å². The zero-order valence-electron chi connectivity index (χ0n) is 16.8. The lowest BCUT2D eigenvalue weighted by Crippen LogP contribution is -1.95. The third-order valence-electron chi connectivity index (χ3n) is 4.55. The molecule has 2 aromatic heterocycles. The summed E-state index contributed by atoms with van der Waals surface area (Å²) in [6.07, 6.45) is 4.96. The number of rotatable bonds is 8. The first-order chi connectivity index (χ1) is 13.5. The van der Waals surface area contributed by atoms with Gasteiger partial charge in [-0.3, -0.25) is 9.48 Å². The Morgan fingerprint density at radius 3 is 2.61 bits per heavy atom. The predicted octanol–water partition coefficient (Wildman–Crippen LogP) is 5.40. The molecule has 0 amide bonds. The topological polar surface area (TPSA) is 57.3 Å². The van der Waals surface area contributed by atoms with Gasteiger partial charge in [0, 0.05) is 12.7 Å². The van der Waals surface area contributed by atoms with Gasteiger partial charge in [-0.05, 0) is 61.7 Å².